The first-order chi connectivity index (χ1) is 6.19. The van der Waals surface area contributed by atoms with Crippen molar-refractivity contribution in [2.75, 3.05) is 20.3 Å². The molecule has 1 amide bonds. The van der Waals surface area contributed by atoms with Gasteiger partial charge in [-0.2, -0.15) is 0 Å². The average Bonchev–Trinajstić information content (AvgIpc) is 2.41. The van der Waals surface area contributed by atoms with E-state index in [2.05, 4.69) is 6.92 Å². The second kappa shape index (κ2) is 4.82. The SMILES string of the molecule is CCC(COC)N1CC(Cl)CC1=O. The molecule has 3 nitrogen and oxygen atoms in total. The Kier molecular flexibility index (Phi) is 4.00. The van der Waals surface area contributed by atoms with Gasteiger partial charge in [0.25, 0.3) is 0 Å². The van der Waals surface area contributed by atoms with Gasteiger partial charge in [0, 0.05) is 20.1 Å². The van der Waals surface area contributed by atoms with Crippen LogP contribution in [-0.4, -0.2) is 42.5 Å². The fourth-order valence-electron chi connectivity index (χ4n) is 1.66. The van der Waals surface area contributed by atoms with Crippen molar-refractivity contribution in [1.82, 2.24) is 4.90 Å². The van der Waals surface area contributed by atoms with Gasteiger partial charge in [0.15, 0.2) is 0 Å². The van der Waals surface area contributed by atoms with Crippen LogP contribution in [0.15, 0.2) is 0 Å². The van der Waals surface area contributed by atoms with Crippen molar-refractivity contribution < 1.29 is 9.53 Å². The van der Waals surface area contributed by atoms with E-state index in [1.807, 2.05) is 4.90 Å². The molecule has 0 saturated carbocycles. The lowest BCUT2D eigenvalue weighted by Gasteiger charge is -2.26. The summed E-state index contributed by atoms with van der Waals surface area (Å²) in [6, 6.07) is 0.196. The van der Waals surface area contributed by atoms with Crippen LogP contribution in [0, 0.1) is 0 Å². The van der Waals surface area contributed by atoms with Crippen molar-refractivity contribution in [2.24, 2.45) is 0 Å². The van der Waals surface area contributed by atoms with Gasteiger partial charge in [0.2, 0.25) is 5.91 Å². The zero-order valence-corrected chi connectivity index (χ0v) is 8.88. The molecule has 4 heteroatoms. The summed E-state index contributed by atoms with van der Waals surface area (Å²) in [6.07, 6.45) is 1.39. The second-order valence-corrected chi connectivity index (χ2v) is 3.98. The predicted molar refractivity (Wildman–Crippen MR) is 51.9 cm³/mol. The molecule has 0 aromatic rings. The molecule has 76 valence electrons. The van der Waals surface area contributed by atoms with E-state index < -0.39 is 0 Å². The minimum atomic E-state index is -0.0154. The van der Waals surface area contributed by atoms with Gasteiger partial charge < -0.3 is 9.64 Å². The summed E-state index contributed by atoms with van der Waals surface area (Å²) in [5.41, 5.74) is 0. The maximum Gasteiger partial charge on any atom is 0.224 e. The Balaban J connectivity index is 2.53. The van der Waals surface area contributed by atoms with Crippen LogP contribution in [0.2, 0.25) is 0 Å². The molecule has 1 heterocycles. The number of carbonyl (C=O) groups is 1. The molecule has 1 aliphatic rings. The molecule has 0 aliphatic carbocycles. The third-order valence-electron chi connectivity index (χ3n) is 2.38. The maximum absolute atomic E-state index is 11.4. The fraction of sp³-hybridized carbons (Fsp3) is 0.889. The molecule has 1 fully saturated rings. The lowest BCUT2D eigenvalue weighted by Crippen LogP contribution is -2.39. The number of carbonyl (C=O) groups excluding carboxylic acids is 1. The Morgan fingerprint density at radius 2 is 2.46 bits per heavy atom. The highest BCUT2D eigenvalue weighted by Crippen LogP contribution is 2.20. The number of nitrogens with zero attached hydrogens (tertiary/aromatic N) is 1. The van der Waals surface area contributed by atoms with Gasteiger partial charge in [-0.3, -0.25) is 4.79 Å². The number of amides is 1. The van der Waals surface area contributed by atoms with E-state index in [4.69, 9.17) is 16.3 Å². The van der Waals surface area contributed by atoms with E-state index >= 15 is 0 Å². The molecule has 0 spiro atoms. The smallest absolute Gasteiger partial charge is 0.224 e. The topological polar surface area (TPSA) is 29.5 Å². The molecular weight excluding hydrogens is 190 g/mol. The predicted octanol–water partition coefficient (Wildman–Crippen LogP) is 1.25. The Morgan fingerprint density at radius 1 is 1.77 bits per heavy atom. The molecule has 0 aromatic carbocycles. The highest BCUT2D eigenvalue weighted by Gasteiger charge is 2.32. The first-order valence-corrected chi connectivity index (χ1v) is 5.05. The largest absolute Gasteiger partial charge is 0.383 e. The summed E-state index contributed by atoms with van der Waals surface area (Å²) >= 11 is 5.90. The Hall–Kier alpha value is -0.280. The molecule has 1 saturated heterocycles. The third-order valence-corrected chi connectivity index (χ3v) is 2.67. The van der Waals surface area contributed by atoms with Crippen molar-refractivity contribution in [3.8, 4) is 0 Å². The van der Waals surface area contributed by atoms with Crippen LogP contribution >= 0.6 is 11.6 Å². The minimum absolute atomic E-state index is 0.0154. The Labute approximate surface area is 84.0 Å². The number of methoxy groups -OCH3 is 1. The molecule has 0 bridgehead atoms. The summed E-state index contributed by atoms with van der Waals surface area (Å²) in [6.45, 7) is 3.33. The molecule has 1 aliphatic heterocycles. The first-order valence-electron chi connectivity index (χ1n) is 4.61. The van der Waals surface area contributed by atoms with E-state index in [1.54, 1.807) is 7.11 Å². The highest BCUT2D eigenvalue weighted by molar-refractivity contribution is 6.22. The fourth-order valence-corrected chi connectivity index (χ4v) is 1.94. The van der Waals surface area contributed by atoms with Gasteiger partial charge in [-0.15, -0.1) is 11.6 Å². The molecule has 0 N–H and O–H groups in total. The first kappa shape index (κ1) is 10.8. The monoisotopic (exact) mass is 205 g/mol. The van der Waals surface area contributed by atoms with E-state index in [0.29, 0.717) is 19.6 Å². The molecule has 0 aromatic heterocycles. The van der Waals surface area contributed by atoms with Crippen LogP contribution in [0.1, 0.15) is 19.8 Å². The van der Waals surface area contributed by atoms with Crippen molar-refractivity contribution in [3.63, 3.8) is 0 Å². The van der Waals surface area contributed by atoms with Crippen molar-refractivity contribution in [1.29, 1.82) is 0 Å². The lowest BCUT2D eigenvalue weighted by molar-refractivity contribution is -0.130. The Bertz CT molecular complexity index is 186. The summed E-state index contributed by atoms with van der Waals surface area (Å²) in [5.74, 6) is 0.156. The van der Waals surface area contributed by atoms with Crippen molar-refractivity contribution in [2.45, 2.75) is 31.2 Å². The normalized spacial score (nSPS) is 25.3. The van der Waals surface area contributed by atoms with Crippen molar-refractivity contribution >= 4 is 17.5 Å². The molecule has 2 unspecified atom stereocenters. The van der Waals surface area contributed by atoms with Crippen LogP contribution in [0.3, 0.4) is 0 Å². The second-order valence-electron chi connectivity index (χ2n) is 3.36. The van der Waals surface area contributed by atoms with Crippen LogP contribution in [0.4, 0.5) is 0 Å². The van der Waals surface area contributed by atoms with Crippen molar-refractivity contribution in [3.05, 3.63) is 0 Å². The van der Waals surface area contributed by atoms with Crippen LogP contribution < -0.4 is 0 Å². The number of likely N-dealkylation sites (tertiary alicyclic amines) is 1. The summed E-state index contributed by atoms with van der Waals surface area (Å²) < 4.78 is 5.05. The van der Waals surface area contributed by atoms with Crippen LogP contribution in [0.25, 0.3) is 0 Å². The number of rotatable bonds is 4. The van der Waals surface area contributed by atoms with Gasteiger partial charge in [0.1, 0.15) is 0 Å². The number of hydrogen-bond acceptors (Lipinski definition) is 2. The number of alkyl halides is 1. The minimum Gasteiger partial charge on any atom is -0.383 e. The average molecular weight is 206 g/mol. The summed E-state index contributed by atoms with van der Waals surface area (Å²) in [4.78, 5) is 13.3. The van der Waals surface area contributed by atoms with Crippen LogP contribution in [-0.2, 0) is 9.53 Å². The van der Waals surface area contributed by atoms with Gasteiger partial charge in [0.05, 0.1) is 18.0 Å². The number of ether oxygens (including phenoxy) is 1. The molecule has 1 rings (SSSR count). The standard InChI is InChI=1S/C9H16ClNO2/c1-3-8(6-13-2)11-5-7(10)4-9(11)12/h7-8H,3-6H2,1-2H3. The number of hydrogen-bond donors (Lipinski definition) is 0. The Morgan fingerprint density at radius 3 is 2.85 bits per heavy atom. The third kappa shape index (κ3) is 2.58. The zero-order chi connectivity index (χ0) is 9.84. The van der Waals surface area contributed by atoms with Gasteiger partial charge in [-0.1, -0.05) is 6.92 Å². The van der Waals surface area contributed by atoms with E-state index in [9.17, 15) is 4.79 Å². The molecule has 2 atom stereocenters. The van der Waals surface area contributed by atoms with Gasteiger partial charge >= 0.3 is 0 Å². The molecule has 0 radical (unpaired) electrons. The summed E-state index contributed by atoms with van der Waals surface area (Å²) in [7, 11) is 1.65. The lowest BCUT2D eigenvalue weighted by atomic mass is 10.2. The molecule has 13 heavy (non-hydrogen) atoms. The van der Waals surface area contributed by atoms with E-state index in [1.165, 1.54) is 0 Å². The van der Waals surface area contributed by atoms with Crippen LogP contribution in [0.5, 0.6) is 0 Å². The quantitative estimate of drug-likeness (QED) is 0.647. The van der Waals surface area contributed by atoms with E-state index in [-0.39, 0.29) is 17.3 Å². The number of halogens is 1. The molecular formula is C9H16ClNO2. The maximum atomic E-state index is 11.4. The van der Waals surface area contributed by atoms with Gasteiger partial charge in [-0.25, -0.2) is 0 Å². The zero-order valence-electron chi connectivity index (χ0n) is 8.12. The highest BCUT2D eigenvalue weighted by atomic mass is 35.5. The van der Waals surface area contributed by atoms with Gasteiger partial charge in [-0.05, 0) is 6.42 Å². The summed E-state index contributed by atoms with van der Waals surface area (Å²) in [5, 5.41) is -0.0154. The van der Waals surface area contributed by atoms with E-state index in [0.717, 1.165) is 6.42 Å².